The number of Topliss-reactive ketones (excluding diaryl/α,β-unsaturated/α-hetero) is 1. The summed E-state index contributed by atoms with van der Waals surface area (Å²) in [5.41, 5.74) is 1.11. The number of carboxylic acid groups (broad SMARTS) is 1. The van der Waals surface area contributed by atoms with Gasteiger partial charge in [0, 0.05) is 11.3 Å². The minimum absolute atomic E-state index is 0.0497. The van der Waals surface area contributed by atoms with E-state index in [-0.39, 0.29) is 11.7 Å². The number of ketones is 1. The van der Waals surface area contributed by atoms with Gasteiger partial charge in [0.15, 0.2) is 11.9 Å². The number of hydrogen-bond donors (Lipinski definition) is 2. The second-order valence-corrected chi connectivity index (χ2v) is 4.65. The summed E-state index contributed by atoms with van der Waals surface area (Å²) in [6, 6.07) is 6.48. The van der Waals surface area contributed by atoms with E-state index in [1.54, 1.807) is 24.3 Å². The Morgan fingerprint density at radius 2 is 1.75 bits per heavy atom. The first-order valence-electron chi connectivity index (χ1n) is 6.27. The molecular weight excluding hydrogens is 262 g/mol. The third-order valence-electron chi connectivity index (χ3n) is 3.15. The van der Waals surface area contributed by atoms with Gasteiger partial charge in [0.25, 0.3) is 5.91 Å². The highest BCUT2D eigenvalue weighted by Gasteiger charge is 2.34. The molecule has 106 valence electrons. The zero-order chi connectivity index (χ0) is 14.7. The number of carbonyl (C=O) groups excluding carboxylic acids is 2. The summed E-state index contributed by atoms with van der Waals surface area (Å²) >= 11 is 0. The average molecular weight is 277 g/mol. The standard InChI is InChI=1S/C14H15NO5/c1-8(16)9-2-4-10(5-3-9)15-13(17)11-6-7-12(20-11)14(18)19/h2-5,11-12H,6-7H2,1H3,(H,15,17)(H,18,19). The van der Waals surface area contributed by atoms with Gasteiger partial charge in [-0.2, -0.15) is 0 Å². The summed E-state index contributed by atoms with van der Waals surface area (Å²) in [7, 11) is 0. The van der Waals surface area contributed by atoms with Crippen LogP contribution in [-0.4, -0.2) is 35.0 Å². The fourth-order valence-corrected chi connectivity index (χ4v) is 2.02. The molecule has 1 fully saturated rings. The van der Waals surface area contributed by atoms with Crippen LogP contribution in [0, 0.1) is 0 Å². The Morgan fingerprint density at radius 3 is 2.25 bits per heavy atom. The Balaban J connectivity index is 1.95. The van der Waals surface area contributed by atoms with E-state index in [9.17, 15) is 14.4 Å². The number of nitrogens with one attached hydrogen (secondary N) is 1. The molecule has 6 heteroatoms. The van der Waals surface area contributed by atoms with Crippen LogP contribution in [-0.2, 0) is 14.3 Å². The van der Waals surface area contributed by atoms with Crippen molar-refractivity contribution in [1.29, 1.82) is 0 Å². The molecule has 20 heavy (non-hydrogen) atoms. The summed E-state index contributed by atoms with van der Waals surface area (Å²) in [4.78, 5) is 33.8. The van der Waals surface area contributed by atoms with Gasteiger partial charge in [-0.15, -0.1) is 0 Å². The fourth-order valence-electron chi connectivity index (χ4n) is 2.02. The molecule has 1 heterocycles. The summed E-state index contributed by atoms with van der Waals surface area (Å²) in [5, 5.41) is 11.4. The quantitative estimate of drug-likeness (QED) is 0.813. The van der Waals surface area contributed by atoms with Crippen LogP contribution in [0.3, 0.4) is 0 Å². The van der Waals surface area contributed by atoms with Crippen molar-refractivity contribution >= 4 is 23.3 Å². The number of aliphatic carboxylic acids is 1. The van der Waals surface area contributed by atoms with Crippen molar-refractivity contribution in [1.82, 2.24) is 0 Å². The molecule has 0 saturated carbocycles. The third-order valence-corrected chi connectivity index (χ3v) is 3.15. The Bertz CT molecular complexity index is 537. The van der Waals surface area contributed by atoms with Crippen molar-refractivity contribution in [3.63, 3.8) is 0 Å². The van der Waals surface area contributed by atoms with Gasteiger partial charge in [-0.05, 0) is 44.0 Å². The highest BCUT2D eigenvalue weighted by molar-refractivity contribution is 5.97. The molecule has 1 aromatic carbocycles. The maximum Gasteiger partial charge on any atom is 0.332 e. The first kappa shape index (κ1) is 14.2. The lowest BCUT2D eigenvalue weighted by molar-refractivity contribution is -0.150. The van der Waals surface area contributed by atoms with Crippen LogP contribution < -0.4 is 5.32 Å². The van der Waals surface area contributed by atoms with Gasteiger partial charge in [0.1, 0.15) is 6.10 Å². The van der Waals surface area contributed by atoms with Crippen LogP contribution >= 0.6 is 0 Å². The molecule has 1 saturated heterocycles. The number of hydrogen-bond acceptors (Lipinski definition) is 4. The molecule has 2 unspecified atom stereocenters. The van der Waals surface area contributed by atoms with E-state index in [0.717, 1.165) is 0 Å². The molecular formula is C14H15NO5. The largest absolute Gasteiger partial charge is 0.479 e. The first-order valence-corrected chi connectivity index (χ1v) is 6.27. The van der Waals surface area contributed by atoms with Crippen LogP contribution in [0.2, 0.25) is 0 Å². The van der Waals surface area contributed by atoms with Crippen molar-refractivity contribution in [3.05, 3.63) is 29.8 Å². The van der Waals surface area contributed by atoms with Crippen molar-refractivity contribution in [2.45, 2.75) is 32.0 Å². The van der Waals surface area contributed by atoms with Crippen molar-refractivity contribution in [2.75, 3.05) is 5.32 Å². The van der Waals surface area contributed by atoms with E-state index in [0.29, 0.717) is 24.1 Å². The predicted molar refractivity (Wildman–Crippen MR) is 70.6 cm³/mol. The van der Waals surface area contributed by atoms with Gasteiger partial charge < -0.3 is 15.2 Å². The predicted octanol–water partition coefficient (Wildman–Crippen LogP) is 1.46. The van der Waals surface area contributed by atoms with E-state index in [2.05, 4.69) is 5.32 Å². The highest BCUT2D eigenvalue weighted by Crippen LogP contribution is 2.21. The zero-order valence-corrected chi connectivity index (χ0v) is 11.0. The van der Waals surface area contributed by atoms with E-state index in [4.69, 9.17) is 9.84 Å². The van der Waals surface area contributed by atoms with Crippen LogP contribution in [0.1, 0.15) is 30.1 Å². The number of anilines is 1. The third kappa shape index (κ3) is 3.21. The normalized spacial score (nSPS) is 21.4. The van der Waals surface area contributed by atoms with Crippen LogP contribution in [0.5, 0.6) is 0 Å². The van der Waals surface area contributed by atoms with E-state index < -0.39 is 18.2 Å². The molecule has 0 bridgehead atoms. The monoisotopic (exact) mass is 277 g/mol. The molecule has 0 aromatic heterocycles. The Morgan fingerprint density at radius 1 is 1.15 bits per heavy atom. The van der Waals surface area contributed by atoms with Gasteiger partial charge in [0.05, 0.1) is 0 Å². The molecule has 1 aromatic rings. The number of carboxylic acids is 1. The minimum atomic E-state index is -1.05. The topological polar surface area (TPSA) is 92.7 Å². The van der Waals surface area contributed by atoms with Gasteiger partial charge in [-0.25, -0.2) is 4.79 Å². The number of rotatable bonds is 4. The molecule has 2 rings (SSSR count). The van der Waals surface area contributed by atoms with Crippen molar-refractivity contribution in [2.24, 2.45) is 0 Å². The van der Waals surface area contributed by atoms with Crippen LogP contribution in [0.15, 0.2) is 24.3 Å². The number of amides is 1. The second kappa shape index (κ2) is 5.83. The molecule has 2 atom stereocenters. The number of carbonyl (C=O) groups is 3. The second-order valence-electron chi connectivity index (χ2n) is 4.65. The summed E-state index contributed by atoms with van der Waals surface area (Å²) in [6.07, 6.45) is -0.945. The summed E-state index contributed by atoms with van der Waals surface area (Å²) < 4.78 is 5.15. The SMILES string of the molecule is CC(=O)c1ccc(NC(=O)C2CCC(C(=O)O)O2)cc1. The Labute approximate surface area is 115 Å². The Kier molecular flexibility index (Phi) is 4.14. The smallest absolute Gasteiger partial charge is 0.332 e. The Hall–Kier alpha value is -2.21. The van der Waals surface area contributed by atoms with Crippen molar-refractivity contribution < 1.29 is 24.2 Å². The van der Waals surface area contributed by atoms with Crippen LogP contribution in [0.25, 0.3) is 0 Å². The molecule has 0 aliphatic carbocycles. The summed E-state index contributed by atoms with van der Waals surface area (Å²) in [6.45, 7) is 1.46. The molecule has 0 spiro atoms. The lowest BCUT2D eigenvalue weighted by Gasteiger charge is -2.12. The molecule has 6 nitrogen and oxygen atoms in total. The summed E-state index contributed by atoms with van der Waals surface area (Å²) in [5.74, 6) is -1.47. The van der Waals surface area contributed by atoms with Gasteiger partial charge in [-0.3, -0.25) is 9.59 Å². The van der Waals surface area contributed by atoms with Crippen LogP contribution in [0.4, 0.5) is 5.69 Å². The minimum Gasteiger partial charge on any atom is -0.479 e. The zero-order valence-electron chi connectivity index (χ0n) is 11.0. The van der Waals surface area contributed by atoms with Gasteiger partial charge in [0.2, 0.25) is 0 Å². The highest BCUT2D eigenvalue weighted by atomic mass is 16.5. The lowest BCUT2D eigenvalue weighted by atomic mass is 10.1. The first-order chi connectivity index (χ1) is 9.47. The molecule has 1 aliphatic heterocycles. The van der Waals surface area contributed by atoms with Gasteiger partial charge >= 0.3 is 5.97 Å². The maximum atomic E-state index is 11.9. The van der Waals surface area contributed by atoms with E-state index in [1.807, 2.05) is 0 Å². The number of benzene rings is 1. The fraction of sp³-hybridized carbons (Fsp3) is 0.357. The van der Waals surface area contributed by atoms with Crippen molar-refractivity contribution in [3.8, 4) is 0 Å². The maximum absolute atomic E-state index is 11.9. The molecule has 1 amide bonds. The lowest BCUT2D eigenvalue weighted by Crippen LogP contribution is -2.29. The molecule has 2 N–H and O–H groups in total. The van der Waals surface area contributed by atoms with Gasteiger partial charge in [-0.1, -0.05) is 0 Å². The van der Waals surface area contributed by atoms with E-state index >= 15 is 0 Å². The molecule has 0 radical (unpaired) electrons. The average Bonchev–Trinajstić information content (AvgIpc) is 2.89. The van der Waals surface area contributed by atoms with E-state index in [1.165, 1.54) is 6.92 Å². The molecule has 1 aliphatic rings. The number of ether oxygens (including phenoxy) is 1.